The summed E-state index contributed by atoms with van der Waals surface area (Å²) in [5.41, 5.74) is 2.02. The highest BCUT2D eigenvalue weighted by Crippen LogP contribution is 2.44. The Balaban J connectivity index is 1.43. The van der Waals surface area contributed by atoms with Crippen LogP contribution in [0.4, 0.5) is 5.00 Å². The molecule has 1 aliphatic carbocycles. The third-order valence-electron chi connectivity index (χ3n) is 6.86. The normalized spacial score (nSPS) is 20.4. The average Bonchev–Trinajstić information content (AvgIpc) is 3.50. The number of hydrogen-bond donors (Lipinski definition) is 1. The maximum absolute atomic E-state index is 12.9. The molecule has 7 nitrogen and oxygen atoms in total. The minimum Gasteiger partial charge on any atom is -0.376 e. The number of anilines is 1. The fourth-order valence-corrected chi connectivity index (χ4v) is 6.87. The minimum absolute atomic E-state index is 0.120. The van der Waals surface area contributed by atoms with Gasteiger partial charge in [0.15, 0.2) is 5.16 Å². The third-order valence-corrected chi connectivity index (χ3v) is 9.00. The van der Waals surface area contributed by atoms with Gasteiger partial charge in [-0.2, -0.15) is 5.26 Å². The van der Waals surface area contributed by atoms with E-state index in [0.29, 0.717) is 16.5 Å². The van der Waals surface area contributed by atoms with Gasteiger partial charge in [0, 0.05) is 17.4 Å². The lowest BCUT2D eigenvalue weighted by molar-refractivity contribution is -0.113. The molecule has 2 aliphatic rings. The predicted octanol–water partition coefficient (Wildman–Crippen LogP) is 5.40. The van der Waals surface area contributed by atoms with Crippen molar-refractivity contribution in [3.63, 3.8) is 0 Å². The van der Waals surface area contributed by atoms with Crippen molar-refractivity contribution in [1.82, 2.24) is 14.8 Å². The van der Waals surface area contributed by atoms with Crippen LogP contribution in [0.15, 0.2) is 5.16 Å². The van der Waals surface area contributed by atoms with Crippen molar-refractivity contribution in [2.24, 2.45) is 11.3 Å². The van der Waals surface area contributed by atoms with Gasteiger partial charge in [-0.1, -0.05) is 46.4 Å². The second kappa shape index (κ2) is 10.4. The zero-order valence-corrected chi connectivity index (χ0v) is 22.4. The molecule has 2 unspecified atom stereocenters. The van der Waals surface area contributed by atoms with Gasteiger partial charge < -0.3 is 14.6 Å². The lowest BCUT2D eigenvalue weighted by atomic mass is 9.72. The summed E-state index contributed by atoms with van der Waals surface area (Å²) in [4.78, 5) is 14.1. The topological polar surface area (TPSA) is 92.8 Å². The van der Waals surface area contributed by atoms with E-state index in [2.05, 4.69) is 60.8 Å². The molecule has 9 heteroatoms. The summed E-state index contributed by atoms with van der Waals surface area (Å²) < 4.78 is 7.93. The number of fused-ring (bicyclic) bond motifs is 1. The van der Waals surface area contributed by atoms with Crippen molar-refractivity contribution in [2.45, 2.75) is 90.4 Å². The molecule has 2 aromatic heterocycles. The van der Waals surface area contributed by atoms with Crippen molar-refractivity contribution < 1.29 is 9.53 Å². The summed E-state index contributed by atoms with van der Waals surface area (Å²) >= 11 is 2.97. The zero-order chi connectivity index (χ0) is 24.5. The molecule has 1 amide bonds. The summed E-state index contributed by atoms with van der Waals surface area (Å²) in [6.45, 7) is 12.6. The van der Waals surface area contributed by atoms with Crippen LogP contribution in [-0.2, 0) is 28.9 Å². The van der Waals surface area contributed by atoms with E-state index >= 15 is 0 Å². The van der Waals surface area contributed by atoms with Crippen LogP contribution in [0.1, 0.15) is 81.6 Å². The van der Waals surface area contributed by atoms with Gasteiger partial charge in [0.2, 0.25) is 5.91 Å². The lowest BCUT2D eigenvalue weighted by Gasteiger charge is -2.33. The van der Waals surface area contributed by atoms with E-state index in [9.17, 15) is 10.1 Å². The molecule has 3 heterocycles. The van der Waals surface area contributed by atoms with Gasteiger partial charge in [-0.05, 0) is 49.0 Å². The standard InChI is InChI=1S/C25H35N5O2S2/c1-15(2)22-28-29-24(30(22)13-17-7-6-10-32-17)33-14-21(31)27-23-19(12-26)18-9-8-16(25(3,4)5)11-20(18)34-23/h15-17H,6-11,13-14H2,1-5H3,(H,27,31). The summed E-state index contributed by atoms with van der Waals surface area (Å²) in [6.07, 6.45) is 5.27. The number of nitriles is 1. The Bertz CT molecular complexity index is 1070. The first-order valence-corrected chi connectivity index (χ1v) is 14.0. The Morgan fingerprint density at radius 3 is 2.79 bits per heavy atom. The number of amides is 1. The van der Waals surface area contributed by atoms with Crippen LogP contribution in [0.5, 0.6) is 0 Å². The molecule has 184 valence electrons. The van der Waals surface area contributed by atoms with Gasteiger partial charge in [-0.15, -0.1) is 21.5 Å². The maximum atomic E-state index is 12.9. The van der Waals surface area contributed by atoms with Gasteiger partial charge in [0.1, 0.15) is 16.9 Å². The fraction of sp³-hybridized carbons (Fsp3) is 0.680. The molecule has 0 aromatic carbocycles. The largest absolute Gasteiger partial charge is 0.376 e. The van der Waals surface area contributed by atoms with Crippen LogP contribution in [-0.4, -0.2) is 39.1 Å². The maximum Gasteiger partial charge on any atom is 0.235 e. The molecule has 0 radical (unpaired) electrons. The van der Waals surface area contributed by atoms with Crippen molar-refractivity contribution in [1.29, 1.82) is 5.26 Å². The molecule has 2 atom stereocenters. The molecular weight excluding hydrogens is 466 g/mol. The van der Waals surface area contributed by atoms with Gasteiger partial charge in [-0.25, -0.2) is 0 Å². The molecule has 0 bridgehead atoms. The van der Waals surface area contributed by atoms with Crippen molar-refractivity contribution in [3.8, 4) is 6.07 Å². The number of ether oxygens (including phenoxy) is 1. The summed E-state index contributed by atoms with van der Waals surface area (Å²) in [6, 6.07) is 2.35. The Morgan fingerprint density at radius 1 is 1.35 bits per heavy atom. The van der Waals surface area contributed by atoms with Crippen molar-refractivity contribution >= 4 is 34.0 Å². The zero-order valence-electron chi connectivity index (χ0n) is 20.8. The number of thioether (sulfide) groups is 1. The number of carbonyl (C=O) groups is 1. The van der Waals surface area contributed by atoms with Crippen LogP contribution < -0.4 is 5.32 Å². The number of aromatic nitrogens is 3. The molecule has 1 saturated heterocycles. The van der Waals surface area contributed by atoms with E-state index in [-0.39, 0.29) is 29.1 Å². The Hall–Kier alpha value is -1.89. The number of carbonyl (C=O) groups excluding carboxylic acids is 1. The van der Waals surface area contributed by atoms with Gasteiger partial charge in [0.05, 0.1) is 24.0 Å². The van der Waals surface area contributed by atoms with Crippen LogP contribution >= 0.6 is 23.1 Å². The smallest absolute Gasteiger partial charge is 0.235 e. The molecular formula is C25H35N5O2S2. The second-order valence-electron chi connectivity index (χ2n) is 10.7. The SMILES string of the molecule is CC(C)c1nnc(SCC(=O)Nc2sc3c(c2C#N)CCC(C(C)(C)C)C3)n1CC1CCCO1. The van der Waals surface area contributed by atoms with Crippen molar-refractivity contribution in [3.05, 3.63) is 21.8 Å². The van der Waals surface area contributed by atoms with E-state index in [1.165, 1.54) is 16.6 Å². The number of nitrogens with one attached hydrogen (secondary N) is 1. The van der Waals surface area contributed by atoms with Crippen LogP contribution in [0, 0.1) is 22.7 Å². The Kier molecular flexibility index (Phi) is 7.70. The second-order valence-corrected chi connectivity index (χ2v) is 12.8. The first kappa shape index (κ1) is 25.2. The number of rotatable bonds is 7. The Labute approximate surface area is 210 Å². The van der Waals surface area contributed by atoms with Crippen LogP contribution in [0.3, 0.4) is 0 Å². The number of nitrogens with zero attached hydrogens (tertiary/aromatic N) is 4. The first-order chi connectivity index (χ1) is 16.2. The summed E-state index contributed by atoms with van der Waals surface area (Å²) in [5.74, 6) is 1.86. The Morgan fingerprint density at radius 2 is 2.15 bits per heavy atom. The molecule has 2 aromatic rings. The highest BCUT2D eigenvalue weighted by atomic mass is 32.2. The quantitative estimate of drug-likeness (QED) is 0.511. The fourth-order valence-electron chi connectivity index (χ4n) is 4.82. The third kappa shape index (κ3) is 5.50. The highest BCUT2D eigenvalue weighted by Gasteiger charge is 2.32. The van der Waals surface area contributed by atoms with Crippen molar-refractivity contribution in [2.75, 3.05) is 17.7 Å². The van der Waals surface area contributed by atoms with E-state index in [4.69, 9.17) is 4.74 Å². The molecule has 1 aliphatic heterocycles. The predicted molar refractivity (Wildman–Crippen MR) is 136 cm³/mol. The lowest BCUT2D eigenvalue weighted by Crippen LogP contribution is -2.26. The molecule has 0 saturated carbocycles. The summed E-state index contributed by atoms with van der Waals surface area (Å²) in [7, 11) is 0. The first-order valence-electron chi connectivity index (χ1n) is 12.2. The molecule has 1 N–H and O–H groups in total. The van der Waals surface area contributed by atoms with E-state index < -0.39 is 0 Å². The van der Waals surface area contributed by atoms with Gasteiger partial charge in [-0.3, -0.25) is 4.79 Å². The number of hydrogen-bond acceptors (Lipinski definition) is 7. The number of thiophene rings is 1. The minimum atomic E-state index is -0.120. The average molecular weight is 502 g/mol. The molecule has 0 spiro atoms. The molecule has 34 heavy (non-hydrogen) atoms. The highest BCUT2D eigenvalue weighted by molar-refractivity contribution is 7.99. The van der Waals surface area contributed by atoms with Gasteiger partial charge >= 0.3 is 0 Å². The molecule has 1 fully saturated rings. The van der Waals surface area contributed by atoms with Crippen LogP contribution in [0.25, 0.3) is 0 Å². The van der Waals surface area contributed by atoms with Gasteiger partial charge in [0.25, 0.3) is 0 Å². The van der Waals surface area contributed by atoms with E-state index in [1.54, 1.807) is 11.3 Å². The molecule has 4 rings (SSSR count). The summed E-state index contributed by atoms with van der Waals surface area (Å²) in [5, 5.41) is 23.0. The van der Waals surface area contributed by atoms with Crippen LogP contribution in [0.2, 0.25) is 0 Å². The van der Waals surface area contributed by atoms with E-state index in [0.717, 1.165) is 61.8 Å². The monoisotopic (exact) mass is 501 g/mol. The van der Waals surface area contributed by atoms with E-state index in [1.807, 2.05) is 0 Å².